The summed E-state index contributed by atoms with van der Waals surface area (Å²) >= 11 is 0. The Morgan fingerprint density at radius 3 is 2.31 bits per heavy atom. The van der Waals surface area contributed by atoms with Crippen molar-refractivity contribution in [3.05, 3.63) is 0 Å². The minimum atomic E-state index is 0.836. The zero-order valence-corrected chi connectivity index (χ0v) is 8.41. The molecule has 0 bridgehead atoms. The predicted molar refractivity (Wildman–Crippen MR) is 54.7 cm³/mol. The molecule has 3 heteroatoms. The van der Waals surface area contributed by atoms with Gasteiger partial charge in [0.15, 0.2) is 0 Å². The van der Waals surface area contributed by atoms with E-state index < -0.39 is 0 Å². The van der Waals surface area contributed by atoms with Crippen LogP contribution < -0.4 is 5.73 Å². The highest BCUT2D eigenvalue weighted by Gasteiger charge is 2.30. The van der Waals surface area contributed by atoms with Crippen molar-refractivity contribution in [3.63, 3.8) is 0 Å². The third kappa shape index (κ3) is 2.66. The van der Waals surface area contributed by atoms with E-state index in [4.69, 9.17) is 5.73 Å². The van der Waals surface area contributed by atoms with E-state index >= 15 is 0 Å². The fourth-order valence-electron chi connectivity index (χ4n) is 2.11. The van der Waals surface area contributed by atoms with E-state index in [9.17, 15) is 0 Å². The number of hydrogen-bond donors (Lipinski definition) is 1. The summed E-state index contributed by atoms with van der Waals surface area (Å²) in [5.41, 5.74) is 5.49. The zero-order chi connectivity index (χ0) is 9.10. The van der Waals surface area contributed by atoms with Gasteiger partial charge in [-0.3, -0.25) is 4.90 Å². The van der Waals surface area contributed by atoms with Gasteiger partial charge in [0, 0.05) is 32.2 Å². The van der Waals surface area contributed by atoms with E-state index in [0.29, 0.717) is 0 Å². The van der Waals surface area contributed by atoms with Crippen LogP contribution in [0.5, 0.6) is 0 Å². The molecule has 2 rings (SSSR count). The number of nitrogens with two attached hydrogens (primary N) is 1. The normalized spacial score (nSPS) is 26.5. The first kappa shape index (κ1) is 9.44. The summed E-state index contributed by atoms with van der Waals surface area (Å²) in [6.07, 6.45) is 4.05. The Labute approximate surface area is 80.9 Å². The molecule has 2 aliphatic rings. The molecule has 1 saturated carbocycles. The highest BCUT2D eigenvalue weighted by molar-refractivity contribution is 4.87. The van der Waals surface area contributed by atoms with Gasteiger partial charge in [0.25, 0.3) is 0 Å². The minimum Gasteiger partial charge on any atom is -0.330 e. The van der Waals surface area contributed by atoms with Crippen molar-refractivity contribution in [1.29, 1.82) is 0 Å². The molecule has 1 aliphatic carbocycles. The Balaban J connectivity index is 1.63. The van der Waals surface area contributed by atoms with E-state index in [1.54, 1.807) is 0 Å². The highest BCUT2D eigenvalue weighted by Crippen LogP contribution is 2.27. The molecule has 3 nitrogen and oxygen atoms in total. The molecular formula is C10H21N3. The summed E-state index contributed by atoms with van der Waals surface area (Å²) < 4.78 is 0. The molecule has 0 aromatic carbocycles. The van der Waals surface area contributed by atoms with Crippen LogP contribution in [-0.4, -0.2) is 55.1 Å². The Bertz CT molecular complexity index is 148. The molecular weight excluding hydrogens is 162 g/mol. The first-order valence-corrected chi connectivity index (χ1v) is 5.56. The van der Waals surface area contributed by atoms with Crippen LogP contribution in [0.3, 0.4) is 0 Å². The highest BCUT2D eigenvalue weighted by atomic mass is 15.3. The quantitative estimate of drug-likeness (QED) is 0.672. The van der Waals surface area contributed by atoms with Gasteiger partial charge in [-0.25, -0.2) is 0 Å². The molecule has 0 radical (unpaired) electrons. The maximum Gasteiger partial charge on any atom is 0.0113 e. The van der Waals surface area contributed by atoms with Crippen molar-refractivity contribution < 1.29 is 0 Å². The summed E-state index contributed by atoms with van der Waals surface area (Å²) in [5.74, 6) is 0. The number of rotatable bonds is 4. The molecule has 1 heterocycles. The Morgan fingerprint density at radius 2 is 1.77 bits per heavy atom. The van der Waals surface area contributed by atoms with Crippen molar-refractivity contribution in [2.45, 2.75) is 25.3 Å². The molecule has 2 N–H and O–H groups in total. The molecule has 0 atom stereocenters. The lowest BCUT2D eigenvalue weighted by molar-refractivity contribution is 0.126. The van der Waals surface area contributed by atoms with Gasteiger partial charge >= 0.3 is 0 Å². The molecule has 0 unspecified atom stereocenters. The van der Waals surface area contributed by atoms with Crippen molar-refractivity contribution in [1.82, 2.24) is 9.80 Å². The van der Waals surface area contributed by atoms with Gasteiger partial charge in [-0.1, -0.05) is 0 Å². The lowest BCUT2D eigenvalue weighted by atomic mass is 10.3. The monoisotopic (exact) mass is 183 g/mol. The molecule has 0 amide bonds. The molecule has 1 aliphatic heterocycles. The summed E-state index contributed by atoms with van der Waals surface area (Å²) in [6, 6.07) is 0.955. The second-order valence-corrected chi connectivity index (χ2v) is 4.25. The van der Waals surface area contributed by atoms with E-state index in [1.165, 1.54) is 45.6 Å². The first-order chi connectivity index (χ1) is 6.40. The van der Waals surface area contributed by atoms with Crippen LogP contribution in [0, 0.1) is 0 Å². The van der Waals surface area contributed by atoms with Gasteiger partial charge < -0.3 is 10.6 Å². The summed E-state index contributed by atoms with van der Waals surface area (Å²) in [7, 11) is 0. The lowest BCUT2D eigenvalue weighted by Crippen LogP contribution is -2.47. The van der Waals surface area contributed by atoms with Crippen LogP contribution in [0.2, 0.25) is 0 Å². The van der Waals surface area contributed by atoms with Crippen molar-refractivity contribution in [2.24, 2.45) is 5.73 Å². The molecule has 0 spiro atoms. The van der Waals surface area contributed by atoms with E-state index in [1.807, 2.05) is 0 Å². The van der Waals surface area contributed by atoms with Crippen LogP contribution in [0.1, 0.15) is 19.3 Å². The third-order valence-corrected chi connectivity index (χ3v) is 3.15. The van der Waals surface area contributed by atoms with Crippen LogP contribution in [0.4, 0.5) is 0 Å². The minimum absolute atomic E-state index is 0.836. The fraction of sp³-hybridized carbons (Fsp3) is 1.00. The standard InChI is InChI=1S/C10H21N3/c11-4-1-5-12-6-8-13(9-7-12)10-2-3-10/h10H,1-9,11H2. The second kappa shape index (κ2) is 4.40. The molecule has 0 aromatic rings. The third-order valence-electron chi connectivity index (χ3n) is 3.15. The van der Waals surface area contributed by atoms with Gasteiger partial charge in [-0.05, 0) is 32.4 Å². The molecule has 1 saturated heterocycles. The van der Waals surface area contributed by atoms with Crippen molar-refractivity contribution in [3.8, 4) is 0 Å². The zero-order valence-electron chi connectivity index (χ0n) is 8.41. The second-order valence-electron chi connectivity index (χ2n) is 4.25. The average Bonchev–Trinajstić information content (AvgIpc) is 2.99. The van der Waals surface area contributed by atoms with E-state index in [0.717, 1.165) is 19.0 Å². The lowest BCUT2D eigenvalue weighted by Gasteiger charge is -2.34. The van der Waals surface area contributed by atoms with Crippen molar-refractivity contribution >= 4 is 0 Å². The first-order valence-electron chi connectivity index (χ1n) is 5.56. The summed E-state index contributed by atoms with van der Waals surface area (Å²) in [6.45, 7) is 7.13. The number of nitrogens with zero attached hydrogens (tertiary/aromatic N) is 2. The van der Waals surface area contributed by atoms with E-state index in [-0.39, 0.29) is 0 Å². The Morgan fingerprint density at radius 1 is 1.08 bits per heavy atom. The largest absolute Gasteiger partial charge is 0.330 e. The van der Waals surface area contributed by atoms with Crippen LogP contribution in [0.15, 0.2) is 0 Å². The SMILES string of the molecule is NCCCN1CCN(C2CC2)CC1. The summed E-state index contributed by atoms with van der Waals surface area (Å²) in [5, 5.41) is 0. The predicted octanol–water partition coefficient (Wildman–Crippen LogP) is 0.115. The fourth-order valence-corrected chi connectivity index (χ4v) is 2.11. The maximum atomic E-state index is 5.49. The van der Waals surface area contributed by atoms with Gasteiger partial charge in [0.05, 0.1) is 0 Å². The number of piperazine rings is 1. The maximum absolute atomic E-state index is 5.49. The topological polar surface area (TPSA) is 32.5 Å². The molecule has 2 fully saturated rings. The van der Waals surface area contributed by atoms with Crippen LogP contribution in [-0.2, 0) is 0 Å². The van der Waals surface area contributed by atoms with Crippen LogP contribution >= 0.6 is 0 Å². The average molecular weight is 183 g/mol. The van der Waals surface area contributed by atoms with Crippen LogP contribution in [0.25, 0.3) is 0 Å². The van der Waals surface area contributed by atoms with E-state index in [2.05, 4.69) is 9.80 Å². The smallest absolute Gasteiger partial charge is 0.0113 e. The molecule has 0 aromatic heterocycles. The Kier molecular flexibility index (Phi) is 3.19. The summed E-state index contributed by atoms with van der Waals surface area (Å²) in [4.78, 5) is 5.20. The number of hydrogen-bond acceptors (Lipinski definition) is 3. The van der Waals surface area contributed by atoms with Gasteiger partial charge in [0.1, 0.15) is 0 Å². The van der Waals surface area contributed by atoms with Gasteiger partial charge in [-0.2, -0.15) is 0 Å². The molecule has 76 valence electrons. The van der Waals surface area contributed by atoms with Gasteiger partial charge in [-0.15, -0.1) is 0 Å². The van der Waals surface area contributed by atoms with Gasteiger partial charge in [0.2, 0.25) is 0 Å². The molecule has 13 heavy (non-hydrogen) atoms. The Hall–Kier alpha value is -0.120. The van der Waals surface area contributed by atoms with Crippen molar-refractivity contribution in [2.75, 3.05) is 39.3 Å².